The number of likely N-dealkylation sites (tertiary alicyclic amines) is 1. The fourth-order valence-corrected chi connectivity index (χ4v) is 4.49. The first-order chi connectivity index (χ1) is 15.0. The van der Waals surface area contributed by atoms with E-state index in [2.05, 4.69) is 0 Å². The molecule has 32 heavy (non-hydrogen) atoms. The standard InChI is InChI=1S/C23H29F3N2O4/c1-15(16(2)30)20(22(32)6-9-27(10-7-22)11-12-29)21(31)28-8-5-17-3-4-19(23(24,25)26)13-18(17)14-28/h3-4,13,29,32H,5-12,14H2,1-2H3/b20-15-. The number of fused-ring (bicyclic) bond motifs is 1. The average molecular weight is 454 g/mol. The van der Waals surface area contributed by atoms with Crippen LogP contribution in [0, 0.1) is 0 Å². The number of carbonyl (C=O) groups excluding carboxylic acids is 2. The van der Waals surface area contributed by atoms with Crippen molar-refractivity contribution < 1.29 is 33.0 Å². The molecule has 0 bridgehead atoms. The van der Waals surface area contributed by atoms with Gasteiger partial charge in [0.1, 0.15) is 0 Å². The molecule has 0 radical (unpaired) electrons. The van der Waals surface area contributed by atoms with Crippen LogP contribution in [0.5, 0.6) is 0 Å². The van der Waals surface area contributed by atoms with Crippen molar-refractivity contribution in [2.24, 2.45) is 0 Å². The molecule has 1 amide bonds. The van der Waals surface area contributed by atoms with E-state index in [0.717, 1.165) is 17.7 Å². The number of alkyl halides is 3. The molecule has 1 saturated heterocycles. The molecule has 6 nitrogen and oxygen atoms in total. The molecule has 0 spiro atoms. The average Bonchev–Trinajstić information content (AvgIpc) is 2.74. The maximum absolute atomic E-state index is 13.5. The molecule has 3 rings (SSSR count). The van der Waals surface area contributed by atoms with Gasteiger partial charge in [0.05, 0.1) is 23.3 Å². The monoisotopic (exact) mass is 454 g/mol. The number of Topliss-reactive ketones (excluding diaryl/α,β-unsaturated/α-hetero) is 1. The third-order valence-corrected chi connectivity index (χ3v) is 6.51. The summed E-state index contributed by atoms with van der Waals surface area (Å²) in [6.45, 7) is 4.46. The molecule has 2 heterocycles. The fourth-order valence-electron chi connectivity index (χ4n) is 4.49. The molecule has 0 aliphatic carbocycles. The zero-order valence-electron chi connectivity index (χ0n) is 18.3. The first kappa shape index (κ1) is 24.4. The lowest BCUT2D eigenvalue weighted by molar-refractivity contribution is -0.137. The van der Waals surface area contributed by atoms with Gasteiger partial charge in [-0.1, -0.05) is 6.07 Å². The number of piperidine rings is 1. The van der Waals surface area contributed by atoms with Crippen molar-refractivity contribution in [3.8, 4) is 0 Å². The van der Waals surface area contributed by atoms with Gasteiger partial charge in [-0.05, 0) is 56.4 Å². The SMILES string of the molecule is CC(=O)/C(C)=C(/C(=O)N1CCc2ccc(C(F)(F)F)cc2C1)C1(O)CCN(CCO)CC1. The van der Waals surface area contributed by atoms with Gasteiger partial charge in [-0.3, -0.25) is 9.59 Å². The maximum atomic E-state index is 13.5. The van der Waals surface area contributed by atoms with E-state index >= 15 is 0 Å². The van der Waals surface area contributed by atoms with Crippen molar-refractivity contribution in [1.82, 2.24) is 9.80 Å². The lowest BCUT2D eigenvalue weighted by atomic mass is 9.80. The molecular formula is C23H29F3N2O4. The second kappa shape index (κ2) is 9.33. The lowest BCUT2D eigenvalue weighted by Crippen LogP contribution is -2.51. The number of amides is 1. The second-order valence-corrected chi connectivity index (χ2v) is 8.61. The maximum Gasteiger partial charge on any atom is 0.416 e. The molecule has 1 aromatic carbocycles. The normalized spacial score (nSPS) is 19.9. The number of aliphatic hydroxyl groups excluding tert-OH is 1. The summed E-state index contributed by atoms with van der Waals surface area (Å²) in [5.74, 6) is -0.852. The first-order valence-electron chi connectivity index (χ1n) is 10.7. The lowest BCUT2D eigenvalue weighted by Gasteiger charge is -2.41. The van der Waals surface area contributed by atoms with Crippen LogP contribution in [0.3, 0.4) is 0 Å². The van der Waals surface area contributed by atoms with Crippen LogP contribution in [0.15, 0.2) is 29.3 Å². The highest BCUT2D eigenvalue weighted by atomic mass is 19.4. The van der Waals surface area contributed by atoms with Gasteiger partial charge in [-0.25, -0.2) is 0 Å². The summed E-state index contributed by atoms with van der Waals surface area (Å²) in [6.07, 6.45) is -3.63. The summed E-state index contributed by atoms with van der Waals surface area (Å²) in [5.41, 5.74) is -0.897. The van der Waals surface area contributed by atoms with E-state index in [0.29, 0.717) is 38.2 Å². The van der Waals surface area contributed by atoms with Gasteiger partial charge in [-0.15, -0.1) is 0 Å². The van der Waals surface area contributed by atoms with Crippen molar-refractivity contribution in [3.63, 3.8) is 0 Å². The van der Waals surface area contributed by atoms with Crippen molar-refractivity contribution in [3.05, 3.63) is 46.0 Å². The number of β-amino-alcohol motifs (C(OH)–C–C–N with tert-alkyl or cyclic N) is 1. The Balaban J connectivity index is 1.89. The van der Waals surface area contributed by atoms with Crippen LogP contribution in [0.4, 0.5) is 13.2 Å². The minimum absolute atomic E-state index is 0.0143. The zero-order valence-corrected chi connectivity index (χ0v) is 18.3. The van der Waals surface area contributed by atoms with Crippen molar-refractivity contribution >= 4 is 11.7 Å². The van der Waals surface area contributed by atoms with Crippen LogP contribution in [0.2, 0.25) is 0 Å². The van der Waals surface area contributed by atoms with E-state index in [9.17, 15) is 27.9 Å². The van der Waals surface area contributed by atoms with E-state index in [1.54, 1.807) is 0 Å². The topological polar surface area (TPSA) is 81.1 Å². The molecule has 0 saturated carbocycles. The molecule has 0 aromatic heterocycles. The predicted molar refractivity (Wildman–Crippen MR) is 112 cm³/mol. The highest BCUT2D eigenvalue weighted by Gasteiger charge is 2.43. The highest BCUT2D eigenvalue weighted by molar-refractivity contribution is 6.05. The van der Waals surface area contributed by atoms with Gasteiger partial charge in [0.15, 0.2) is 5.78 Å². The predicted octanol–water partition coefficient (Wildman–Crippen LogP) is 2.31. The molecule has 2 N–H and O–H groups in total. The number of halogens is 3. The van der Waals surface area contributed by atoms with Gasteiger partial charge in [0.25, 0.3) is 5.91 Å². The number of carbonyl (C=O) groups is 2. The van der Waals surface area contributed by atoms with E-state index < -0.39 is 23.2 Å². The summed E-state index contributed by atoms with van der Waals surface area (Å²) in [7, 11) is 0. The molecule has 2 aliphatic heterocycles. The Morgan fingerprint density at radius 3 is 2.31 bits per heavy atom. The number of rotatable bonds is 5. The molecule has 9 heteroatoms. The van der Waals surface area contributed by atoms with Gasteiger partial charge in [0, 0.05) is 38.3 Å². The number of allylic oxidation sites excluding steroid dienone is 1. The van der Waals surface area contributed by atoms with E-state index in [4.69, 9.17) is 5.11 Å². The number of aliphatic hydroxyl groups is 2. The Morgan fingerprint density at radius 1 is 1.09 bits per heavy atom. The Hall–Kier alpha value is -2.23. The third kappa shape index (κ3) is 5.05. The second-order valence-electron chi connectivity index (χ2n) is 8.61. The van der Waals surface area contributed by atoms with E-state index in [-0.39, 0.29) is 42.9 Å². The highest BCUT2D eigenvalue weighted by Crippen LogP contribution is 2.36. The number of nitrogens with zero attached hydrogens (tertiary/aromatic N) is 2. The summed E-state index contributed by atoms with van der Waals surface area (Å²) < 4.78 is 39.4. The van der Waals surface area contributed by atoms with Crippen LogP contribution < -0.4 is 0 Å². The molecular weight excluding hydrogens is 425 g/mol. The Kier molecular flexibility index (Phi) is 7.12. The Morgan fingerprint density at radius 2 is 1.75 bits per heavy atom. The number of hydrogen-bond donors (Lipinski definition) is 2. The van der Waals surface area contributed by atoms with Crippen molar-refractivity contribution in [1.29, 1.82) is 0 Å². The number of ketones is 1. The van der Waals surface area contributed by atoms with Gasteiger partial charge < -0.3 is 20.0 Å². The minimum atomic E-state index is -4.48. The van der Waals surface area contributed by atoms with Crippen LogP contribution >= 0.6 is 0 Å². The summed E-state index contributed by atoms with van der Waals surface area (Å²) in [4.78, 5) is 29.1. The van der Waals surface area contributed by atoms with Gasteiger partial charge in [-0.2, -0.15) is 13.2 Å². The van der Waals surface area contributed by atoms with Gasteiger partial charge >= 0.3 is 6.18 Å². The molecule has 1 aromatic rings. The largest absolute Gasteiger partial charge is 0.416 e. The number of hydrogen-bond acceptors (Lipinski definition) is 5. The van der Waals surface area contributed by atoms with Crippen LogP contribution in [0.25, 0.3) is 0 Å². The summed E-state index contributed by atoms with van der Waals surface area (Å²) in [6, 6.07) is 3.56. The zero-order chi connectivity index (χ0) is 23.7. The molecule has 176 valence electrons. The molecule has 2 aliphatic rings. The fraction of sp³-hybridized carbons (Fsp3) is 0.565. The van der Waals surface area contributed by atoms with Crippen LogP contribution in [-0.4, -0.2) is 70.1 Å². The molecule has 0 unspecified atom stereocenters. The number of benzene rings is 1. The first-order valence-corrected chi connectivity index (χ1v) is 10.7. The van der Waals surface area contributed by atoms with Gasteiger partial charge in [0.2, 0.25) is 0 Å². The van der Waals surface area contributed by atoms with E-state index in [1.807, 2.05) is 4.90 Å². The Labute approximate surface area is 185 Å². The summed E-state index contributed by atoms with van der Waals surface area (Å²) >= 11 is 0. The van der Waals surface area contributed by atoms with E-state index in [1.165, 1.54) is 24.8 Å². The van der Waals surface area contributed by atoms with Crippen LogP contribution in [0.1, 0.15) is 43.4 Å². The summed E-state index contributed by atoms with van der Waals surface area (Å²) in [5, 5.41) is 20.5. The minimum Gasteiger partial charge on any atom is -0.395 e. The molecule has 1 fully saturated rings. The third-order valence-electron chi connectivity index (χ3n) is 6.51. The van der Waals surface area contributed by atoms with Crippen LogP contribution in [-0.2, 0) is 28.7 Å². The van der Waals surface area contributed by atoms with Crippen molar-refractivity contribution in [2.75, 3.05) is 32.8 Å². The smallest absolute Gasteiger partial charge is 0.395 e. The molecule has 0 atom stereocenters. The Bertz CT molecular complexity index is 918. The quantitative estimate of drug-likeness (QED) is 0.668. The van der Waals surface area contributed by atoms with Crippen molar-refractivity contribution in [2.45, 2.75) is 51.4 Å².